The van der Waals surface area contributed by atoms with Crippen molar-refractivity contribution >= 4 is 38.3 Å². The maximum Gasteiger partial charge on any atom is 0.291 e. The van der Waals surface area contributed by atoms with Crippen molar-refractivity contribution in [2.75, 3.05) is 11.5 Å². The summed E-state index contributed by atoms with van der Waals surface area (Å²) < 4.78 is 30.1. The van der Waals surface area contributed by atoms with Gasteiger partial charge in [-0.25, -0.2) is 8.42 Å². The lowest BCUT2D eigenvalue weighted by Gasteiger charge is -2.30. The van der Waals surface area contributed by atoms with Crippen LogP contribution in [0.1, 0.15) is 39.7 Å². The first-order chi connectivity index (χ1) is 14.2. The van der Waals surface area contributed by atoms with Crippen LogP contribution in [-0.4, -0.2) is 36.8 Å². The first-order valence-corrected chi connectivity index (χ1v) is 11.8. The number of carbonyl (C=O) groups excluding carboxylic acids is 1. The van der Waals surface area contributed by atoms with Crippen molar-refractivity contribution in [3.8, 4) is 0 Å². The Morgan fingerprint density at radius 3 is 2.50 bits per heavy atom. The first-order valence-electron chi connectivity index (χ1n) is 9.61. The van der Waals surface area contributed by atoms with Gasteiger partial charge in [-0.05, 0) is 37.1 Å². The fraction of sp³-hybridized carbons (Fsp3) is 0.273. The Hall–Kier alpha value is -2.64. The molecule has 2 atom stereocenters. The lowest BCUT2D eigenvalue weighted by atomic mass is 9.97. The second-order valence-electron chi connectivity index (χ2n) is 7.90. The van der Waals surface area contributed by atoms with E-state index in [0.29, 0.717) is 16.8 Å². The van der Waals surface area contributed by atoms with Gasteiger partial charge in [-0.15, -0.1) is 0 Å². The standard InChI is InChI=1S/C22H18ClNO5S/c1-12-2-4-13(5-3-12)19-18-20(25)16-10-14(23)6-7-17(16)29-21(18)22(26)24(19)15-8-9-30(27,28)11-15/h2-7,10,15,19H,8-9,11H2,1H3/t15-,19-/m1/s1. The van der Waals surface area contributed by atoms with Crippen molar-refractivity contribution in [3.63, 3.8) is 0 Å². The van der Waals surface area contributed by atoms with Crippen LogP contribution >= 0.6 is 11.6 Å². The third-order valence-corrected chi connectivity index (χ3v) is 7.85. The number of amides is 1. The summed E-state index contributed by atoms with van der Waals surface area (Å²) in [4.78, 5) is 28.3. The molecule has 30 heavy (non-hydrogen) atoms. The molecule has 3 aromatic rings. The molecule has 3 heterocycles. The topological polar surface area (TPSA) is 84.7 Å². The molecule has 2 aliphatic rings. The van der Waals surface area contributed by atoms with Crippen LogP contribution in [0.5, 0.6) is 0 Å². The lowest BCUT2D eigenvalue weighted by molar-refractivity contribution is 0.0662. The van der Waals surface area contributed by atoms with Gasteiger partial charge in [-0.2, -0.15) is 0 Å². The first kappa shape index (κ1) is 19.3. The predicted octanol–water partition coefficient (Wildman–Crippen LogP) is 3.49. The van der Waals surface area contributed by atoms with Gasteiger partial charge < -0.3 is 9.32 Å². The summed E-state index contributed by atoms with van der Waals surface area (Å²) in [5.41, 5.74) is 1.97. The number of hydrogen-bond acceptors (Lipinski definition) is 5. The van der Waals surface area contributed by atoms with E-state index in [-0.39, 0.29) is 33.8 Å². The average Bonchev–Trinajstić information content (AvgIpc) is 3.20. The van der Waals surface area contributed by atoms with Gasteiger partial charge in [0.15, 0.2) is 15.3 Å². The van der Waals surface area contributed by atoms with Crippen LogP contribution in [0.2, 0.25) is 5.02 Å². The van der Waals surface area contributed by atoms with Crippen molar-refractivity contribution in [1.82, 2.24) is 4.90 Å². The molecule has 5 rings (SSSR count). The van der Waals surface area contributed by atoms with E-state index in [4.69, 9.17) is 16.0 Å². The second-order valence-corrected chi connectivity index (χ2v) is 10.6. The average molecular weight is 444 g/mol. The minimum absolute atomic E-state index is 0.0234. The van der Waals surface area contributed by atoms with E-state index < -0.39 is 27.8 Å². The molecule has 1 aromatic heterocycles. The quantitative estimate of drug-likeness (QED) is 0.605. The van der Waals surface area contributed by atoms with Gasteiger partial charge in [-0.3, -0.25) is 9.59 Å². The molecule has 2 aromatic carbocycles. The van der Waals surface area contributed by atoms with Crippen molar-refractivity contribution in [3.05, 3.63) is 80.2 Å². The van der Waals surface area contributed by atoms with Crippen LogP contribution in [0.3, 0.4) is 0 Å². The zero-order valence-electron chi connectivity index (χ0n) is 16.1. The monoisotopic (exact) mass is 443 g/mol. The number of sulfone groups is 1. The highest BCUT2D eigenvalue weighted by molar-refractivity contribution is 7.91. The molecule has 0 N–H and O–H groups in total. The minimum atomic E-state index is -3.23. The summed E-state index contributed by atoms with van der Waals surface area (Å²) in [6.45, 7) is 1.95. The zero-order valence-corrected chi connectivity index (χ0v) is 17.7. The summed E-state index contributed by atoms with van der Waals surface area (Å²) in [6, 6.07) is 11.0. The fourth-order valence-electron chi connectivity index (χ4n) is 4.41. The summed E-state index contributed by atoms with van der Waals surface area (Å²) in [6.07, 6.45) is 0.337. The molecular weight excluding hydrogens is 426 g/mol. The highest BCUT2D eigenvalue weighted by Crippen LogP contribution is 2.41. The molecule has 1 saturated heterocycles. The minimum Gasteiger partial charge on any atom is -0.450 e. The summed E-state index contributed by atoms with van der Waals surface area (Å²) >= 11 is 6.08. The number of nitrogens with zero attached hydrogens (tertiary/aromatic N) is 1. The zero-order chi connectivity index (χ0) is 21.2. The molecule has 1 amide bonds. The van der Waals surface area contributed by atoms with Gasteiger partial charge in [0.1, 0.15) is 5.58 Å². The second kappa shape index (κ2) is 6.68. The number of halogens is 1. The van der Waals surface area contributed by atoms with E-state index in [1.807, 2.05) is 31.2 Å². The fourth-order valence-corrected chi connectivity index (χ4v) is 6.29. The molecule has 0 spiro atoms. The molecule has 0 radical (unpaired) electrons. The molecule has 0 aliphatic carbocycles. The van der Waals surface area contributed by atoms with Crippen LogP contribution in [0.25, 0.3) is 11.0 Å². The number of benzene rings is 2. The van der Waals surface area contributed by atoms with Gasteiger partial charge in [0.2, 0.25) is 5.76 Å². The highest BCUT2D eigenvalue weighted by Gasteiger charge is 2.48. The Balaban J connectivity index is 1.77. The predicted molar refractivity (Wildman–Crippen MR) is 114 cm³/mol. The number of aryl methyl sites for hydroxylation is 1. The Kier molecular flexibility index (Phi) is 4.31. The number of hydrogen-bond donors (Lipinski definition) is 0. The summed E-state index contributed by atoms with van der Waals surface area (Å²) in [5.74, 6) is -0.567. The lowest BCUT2D eigenvalue weighted by Crippen LogP contribution is -2.40. The van der Waals surface area contributed by atoms with Crippen LogP contribution in [-0.2, 0) is 9.84 Å². The van der Waals surface area contributed by atoms with Crippen molar-refractivity contribution in [1.29, 1.82) is 0 Å². The van der Waals surface area contributed by atoms with Crippen molar-refractivity contribution < 1.29 is 17.6 Å². The maximum atomic E-state index is 13.4. The Labute approximate surface area is 178 Å². The van der Waals surface area contributed by atoms with E-state index in [1.54, 1.807) is 12.1 Å². The Morgan fingerprint density at radius 2 is 1.83 bits per heavy atom. The SMILES string of the molecule is Cc1ccc([C@@H]2c3c(oc4ccc(Cl)cc4c3=O)C(=O)N2[C@@H]2CCS(=O)(=O)C2)cc1. The Bertz CT molecular complexity index is 1360. The van der Waals surface area contributed by atoms with Gasteiger partial charge in [0.25, 0.3) is 5.91 Å². The van der Waals surface area contributed by atoms with E-state index in [0.717, 1.165) is 11.1 Å². The van der Waals surface area contributed by atoms with Crippen molar-refractivity contribution in [2.24, 2.45) is 0 Å². The number of carbonyl (C=O) groups is 1. The molecule has 8 heteroatoms. The van der Waals surface area contributed by atoms with Crippen LogP contribution in [0.4, 0.5) is 0 Å². The van der Waals surface area contributed by atoms with Crippen LogP contribution in [0.15, 0.2) is 51.7 Å². The van der Waals surface area contributed by atoms with Gasteiger partial charge in [0, 0.05) is 11.1 Å². The largest absolute Gasteiger partial charge is 0.450 e. The number of fused-ring (bicyclic) bond motifs is 2. The normalized spacial score (nSPS) is 22.6. The third kappa shape index (κ3) is 2.96. The van der Waals surface area contributed by atoms with E-state index in [9.17, 15) is 18.0 Å². The molecule has 2 aliphatic heterocycles. The molecule has 1 fully saturated rings. The summed E-state index contributed by atoms with van der Waals surface area (Å²) in [5, 5.41) is 0.691. The van der Waals surface area contributed by atoms with Gasteiger partial charge in [0.05, 0.1) is 28.5 Å². The molecule has 154 valence electrons. The number of rotatable bonds is 2. The van der Waals surface area contributed by atoms with Crippen LogP contribution < -0.4 is 5.43 Å². The molecule has 0 bridgehead atoms. The maximum absolute atomic E-state index is 13.4. The van der Waals surface area contributed by atoms with Crippen molar-refractivity contribution in [2.45, 2.75) is 25.4 Å². The summed E-state index contributed by atoms with van der Waals surface area (Å²) in [7, 11) is -3.23. The van der Waals surface area contributed by atoms with E-state index in [2.05, 4.69) is 0 Å². The smallest absolute Gasteiger partial charge is 0.291 e. The van der Waals surface area contributed by atoms with Crippen LogP contribution in [0, 0.1) is 6.92 Å². The van der Waals surface area contributed by atoms with E-state index in [1.165, 1.54) is 11.0 Å². The third-order valence-electron chi connectivity index (χ3n) is 5.86. The van der Waals surface area contributed by atoms with Gasteiger partial charge in [-0.1, -0.05) is 41.4 Å². The van der Waals surface area contributed by atoms with E-state index >= 15 is 0 Å². The molecular formula is C22H18ClNO5S. The highest BCUT2D eigenvalue weighted by atomic mass is 35.5. The molecule has 0 saturated carbocycles. The molecule has 0 unspecified atom stereocenters. The molecule has 6 nitrogen and oxygen atoms in total. The Morgan fingerprint density at radius 1 is 1.10 bits per heavy atom. The van der Waals surface area contributed by atoms with Gasteiger partial charge >= 0.3 is 0 Å².